The van der Waals surface area contributed by atoms with Gasteiger partial charge in [-0.05, 0) is 6.42 Å². The molecule has 1 atom stereocenters. The summed E-state index contributed by atoms with van der Waals surface area (Å²) in [6.07, 6.45) is 3.44. The number of hydrogen-bond donors (Lipinski definition) is 1. The topological polar surface area (TPSA) is 7.45 Å². The van der Waals surface area contributed by atoms with Crippen LogP contribution in [0.15, 0.2) is 24.3 Å². The fraction of sp³-hybridized carbons (Fsp3) is 0.364. The molecule has 1 aliphatic heterocycles. The number of nitrogens with one attached hydrogen (secondary N) is 1. The molecule has 0 aliphatic carbocycles. The highest BCUT2D eigenvalue weighted by molar-refractivity contribution is 6.08. The van der Waals surface area contributed by atoms with Gasteiger partial charge in [-0.1, -0.05) is 18.2 Å². The number of para-hydroxylation sites is 2. The fourth-order valence-electron chi connectivity index (χ4n) is 1.90. The van der Waals surface area contributed by atoms with E-state index in [4.69, 9.17) is 0 Å². The molecule has 1 aliphatic rings. The van der Waals surface area contributed by atoms with Crippen LogP contribution < -0.4 is 4.90 Å². The molecule has 2 rings (SSSR count). The van der Waals surface area contributed by atoms with Crippen molar-refractivity contribution in [2.45, 2.75) is 12.5 Å². The second kappa shape index (κ2) is 4.07. The second-order valence-corrected chi connectivity index (χ2v) is 4.14. The van der Waals surface area contributed by atoms with Crippen molar-refractivity contribution in [1.82, 2.24) is 0 Å². The number of benzene rings is 1. The molecule has 1 heterocycles. The van der Waals surface area contributed by atoms with Crippen molar-refractivity contribution >= 4 is 28.0 Å². The van der Waals surface area contributed by atoms with Crippen LogP contribution in [0.1, 0.15) is 6.42 Å². The smallest absolute Gasteiger partial charge is 0.216 e. The average molecular weight is 203 g/mol. The van der Waals surface area contributed by atoms with E-state index in [1.807, 2.05) is 0 Å². The zero-order valence-electron chi connectivity index (χ0n) is 8.46. The molecule has 3 radical (unpaired) electrons. The number of rotatable bonds is 3. The van der Waals surface area contributed by atoms with Gasteiger partial charge in [0, 0.05) is 22.4 Å². The Morgan fingerprint density at radius 3 is 2.93 bits per heavy atom. The largest absolute Gasteiger partial charge is 0.336 e. The molecule has 0 amide bonds. The highest BCUT2D eigenvalue weighted by Gasteiger charge is 2.29. The molecular formula is C11H15N2Si+2. The molecule has 0 aromatic heterocycles. The van der Waals surface area contributed by atoms with Crippen molar-refractivity contribution in [2.75, 3.05) is 13.6 Å². The van der Waals surface area contributed by atoms with E-state index in [2.05, 4.69) is 52.5 Å². The number of quaternary nitrogens is 1. The van der Waals surface area contributed by atoms with Crippen LogP contribution in [-0.4, -0.2) is 34.7 Å². The predicted octanol–water partition coefficient (Wildman–Crippen LogP) is 0.496. The van der Waals surface area contributed by atoms with Gasteiger partial charge in [0.1, 0.15) is 7.05 Å². The third-order valence-corrected chi connectivity index (χ3v) is 2.96. The molecule has 1 aromatic carbocycles. The van der Waals surface area contributed by atoms with Crippen LogP contribution in [0.4, 0.5) is 11.4 Å². The van der Waals surface area contributed by atoms with E-state index in [9.17, 15) is 0 Å². The van der Waals surface area contributed by atoms with Crippen LogP contribution in [0.3, 0.4) is 0 Å². The van der Waals surface area contributed by atoms with Gasteiger partial charge in [0.15, 0.2) is 0 Å². The van der Waals surface area contributed by atoms with Crippen LogP contribution in [0.25, 0.3) is 0 Å². The molecule has 1 unspecified atom stereocenters. The third-order valence-electron chi connectivity index (χ3n) is 2.60. The first kappa shape index (κ1) is 9.62. The lowest BCUT2D eigenvalue weighted by atomic mass is 10.2. The van der Waals surface area contributed by atoms with Gasteiger partial charge in [0.2, 0.25) is 5.69 Å². The average Bonchev–Trinajstić information content (AvgIpc) is 2.54. The van der Waals surface area contributed by atoms with Crippen molar-refractivity contribution in [2.24, 2.45) is 0 Å². The summed E-state index contributed by atoms with van der Waals surface area (Å²) in [5.41, 5.74) is 2.73. The molecule has 0 saturated carbocycles. The molecule has 71 valence electrons. The summed E-state index contributed by atoms with van der Waals surface area (Å²) >= 11 is 0. The number of hydrogen-bond acceptors (Lipinski definition) is 0. The van der Waals surface area contributed by atoms with E-state index in [0.29, 0.717) is 0 Å². The van der Waals surface area contributed by atoms with Crippen molar-refractivity contribution in [3.63, 3.8) is 0 Å². The lowest BCUT2D eigenvalue weighted by molar-refractivity contribution is -0.732. The Morgan fingerprint density at radius 2 is 2.14 bits per heavy atom. The Bertz CT molecular complexity index is 360. The third kappa shape index (κ3) is 1.65. The Morgan fingerprint density at radius 1 is 1.36 bits per heavy atom. The Hall–Kier alpha value is -0.933. The molecular weight excluding hydrogens is 188 g/mol. The maximum Gasteiger partial charge on any atom is 0.336 e. The Labute approximate surface area is 88.3 Å². The van der Waals surface area contributed by atoms with Gasteiger partial charge in [-0.15, -0.1) is 4.58 Å². The van der Waals surface area contributed by atoms with Gasteiger partial charge in [-0.2, -0.15) is 0 Å². The summed E-state index contributed by atoms with van der Waals surface area (Å²) in [6, 6.07) is 9.66. The standard InChI is InChI=1S/C11H14N2Si/c1-12-9-13(7-4-8-14)11-6-3-2-5-10(11)12/h2-3,5-6,9H,4,7-8H2,1H3/q+1/p+1. The Kier molecular flexibility index (Phi) is 2.79. The van der Waals surface area contributed by atoms with E-state index < -0.39 is 0 Å². The van der Waals surface area contributed by atoms with E-state index in [0.717, 1.165) is 12.6 Å². The van der Waals surface area contributed by atoms with E-state index in [1.54, 1.807) is 0 Å². The fourth-order valence-corrected chi connectivity index (χ4v) is 2.08. The van der Waals surface area contributed by atoms with Gasteiger partial charge in [-0.3, -0.25) is 0 Å². The Balaban J connectivity index is 2.23. The first-order valence-corrected chi connectivity index (χ1v) is 5.71. The SMILES string of the molecule is C[N+]1=C[NH+](CCC[Si])c2ccccc21. The van der Waals surface area contributed by atoms with Crippen molar-refractivity contribution < 1.29 is 9.48 Å². The molecule has 0 spiro atoms. The van der Waals surface area contributed by atoms with Gasteiger partial charge in [0.25, 0.3) is 5.69 Å². The quantitative estimate of drug-likeness (QED) is 0.540. The molecule has 1 N–H and O–H groups in total. The van der Waals surface area contributed by atoms with Crippen molar-refractivity contribution in [3.05, 3.63) is 24.3 Å². The van der Waals surface area contributed by atoms with Crippen LogP contribution in [0.2, 0.25) is 6.04 Å². The maximum absolute atomic E-state index is 3.52. The van der Waals surface area contributed by atoms with Gasteiger partial charge >= 0.3 is 6.34 Å². The summed E-state index contributed by atoms with van der Waals surface area (Å²) < 4.78 is 2.21. The summed E-state index contributed by atoms with van der Waals surface area (Å²) in [6.45, 7) is 1.16. The minimum absolute atomic E-state index is 1.07. The van der Waals surface area contributed by atoms with Gasteiger partial charge < -0.3 is 0 Å². The van der Waals surface area contributed by atoms with E-state index in [1.165, 1.54) is 22.7 Å². The van der Waals surface area contributed by atoms with Crippen LogP contribution >= 0.6 is 0 Å². The molecule has 3 heteroatoms. The monoisotopic (exact) mass is 203 g/mol. The second-order valence-electron chi connectivity index (χ2n) is 3.64. The highest BCUT2D eigenvalue weighted by Crippen LogP contribution is 2.21. The minimum Gasteiger partial charge on any atom is -0.216 e. The minimum atomic E-state index is 1.07. The molecule has 0 bridgehead atoms. The molecule has 0 fully saturated rings. The highest BCUT2D eigenvalue weighted by atomic mass is 28.1. The van der Waals surface area contributed by atoms with Crippen LogP contribution in [-0.2, 0) is 0 Å². The zero-order valence-corrected chi connectivity index (χ0v) is 9.46. The summed E-state index contributed by atoms with van der Waals surface area (Å²) in [5.74, 6) is 0. The maximum atomic E-state index is 3.52. The zero-order chi connectivity index (χ0) is 9.97. The normalized spacial score (nSPS) is 19.3. The predicted molar refractivity (Wildman–Crippen MR) is 59.0 cm³/mol. The van der Waals surface area contributed by atoms with Crippen LogP contribution in [0, 0.1) is 0 Å². The molecule has 0 saturated heterocycles. The van der Waals surface area contributed by atoms with Crippen molar-refractivity contribution in [1.29, 1.82) is 0 Å². The van der Waals surface area contributed by atoms with Gasteiger partial charge in [-0.25, -0.2) is 4.90 Å². The summed E-state index contributed by atoms with van der Waals surface area (Å²) in [5, 5.41) is 0. The number of nitrogens with zero attached hydrogens (tertiary/aromatic N) is 1. The first-order chi connectivity index (χ1) is 6.83. The van der Waals surface area contributed by atoms with E-state index >= 15 is 0 Å². The lowest BCUT2D eigenvalue weighted by Crippen LogP contribution is -3.05. The lowest BCUT2D eigenvalue weighted by Gasteiger charge is -2.04. The molecule has 1 aromatic rings. The molecule has 2 nitrogen and oxygen atoms in total. The summed E-state index contributed by atoms with van der Waals surface area (Å²) in [7, 11) is 5.63. The molecule has 14 heavy (non-hydrogen) atoms. The van der Waals surface area contributed by atoms with E-state index in [-0.39, 0.29) is 0 Å². The van der Waals surface area contributed by atoms with Crippen molar-refractivity contribution in [3.8, 4) is 0 Å². The van der Waals surface area contributed by atoms with Gasteiger partial charge in [0.05, 0.1) is 6.54 Å². The van der Waals surface area contributed by atoms with Crippen LogP contribution in [0.5, 0.6) is 0 Å². The number of fused-ring (bicyclic) bond motifs is 1. The summed E-state index contributed by atoms with van der Waals surface area (Å²) in [4.78, 5) is 1.46. The first-order valence-electron chi connectivity index (χ1n) is 5.00.